The lowest BCUT2D eigenvalue weighted by Crippen LogP contribution is -2.29. The zero-order valence-corrected chi connectivity index (χ0v) is 18.8. The lowest BCUT2D eigenvalue weighted by Gasteiger charge is -2.10. The van der Waals surface area contributed by atoms with Gasteiger partial charge in [-0.2, -0.15) is 0 Å². The summed E-state index contributed by atoms with van der Waals surface area (Å²) in [7, 11) is 1.56. The molecule has 0 saturated heterocycles. The monoisotopic (exact) mass is 456 g/mol. The molecule has 0 atom stereocenters. The van der Waals surface area contributed by atoms with Gasteiger partial charge < -0.3 is 10.1 Å². The number of nitrogens with zero attached hydrogens (tertiary/aromatic N) is 3. The number of benzene rings is 2. The van der Waals surface area contributed by atoms with E-state index in [1.54, 1.807) is 38.3 Å². The largest absolute Gasteiger partial charge is 0.497 e. The van der Waals surface area contributed by atoms with Crippen molar-refractivity contribution in [3.05, 3.63) is 82.9 Å². The van der Waals surface area contributed by atoms with E-state index in [4.69, 9.17) is 9.72 Å². The average Bonchev–Trinajstić information content (AvgIpc) is 3.20. The summed E-state index contributed by atoms with van der Waals surface area (Å²) in [6, 6.07) is 20.8. The maximum absolute atomic E-state index is 13.3. The van der Waals surface area contributed by atoms with Gasteiger partial charge in [-0.15, -0.1) is 11.3 Å². The number of pyridine rings is 1. The standard InChI is InChI=1S/C25H20N4O3S/c1-15-26-22-19-11-12-20(16-7-4-3-5-8-16)28-24(19)33-23(22)25(31)29(15)14-21(30)27-17-9-6-10-18(13-17)32-2/h3-13H,14H2,1-2H3,(H,27,30). The van der Waals surface area contributed by atoms with Gasteiger partial charge in [0.2, 0.25) is 5.91 Å². The van der Waals surface area contributed by atoms with Crippen molar-refractivity contribution in [1.29, 1.82) is 0 Å². The van der Waals surface area contributed by atoms with Gasteiger partial charge in [-0.3, -0.25) is 14.2 Å². The zero-order chi connectivity index (χ0) is 22.9. The number of hydrogen-bond acceptors (Lipinski definition) is 6. The van der Waals surface area contributed by atoms with E-state index in [-0.39, 0.29) is 18.0 Å². The van der Waals surface area contributed by atoms with Gasteiger partial charge in [-0.25, -0.2) is 9.97 Å². The molecule has 0 unspecified atom stereocenters. The molecular weight excluding hydrogens is 436 g/mol. The highest BCUT2D eigenvalue weighted by atomic mass is 32.1. The maximum atomic E-state index is 13.3. The second-order valence-corrected chi connectivity index (χ2v) is 8.52. The van der Waals surface area contributed by atoms with Gasteiger partial charge >= 0.3 is 0 Å². The fourth-order valence-corrected chi connectivity index (χ4v) is 4.78. The summed E-state index contributed by atoms with van der Waals surface area (Å²) >= 11 is 1.30. The highest BCUT2D eigenvalue weighted by Gasteiger charge is 2.17. The van der Waals surface area contributed by atoms with Gasteiger partial charge in [-0.1, -0.05) is 36.4 Å². The first kappa shape index (κ1) is 20.8. The Bertz CT molecular complexity index is 1560. The average molecular weight is 457 g/mol. The predicted octanol–water partition coefficient (Wildman–Crippen LogP) is 4.63. The fourth-order valence-electron chi connectivity index (χ4n) is 3.71. The van der Waals surface area contributed by atoms with Crippen molar-refractivity contribution in [2.45, 2.75) is 13.5 Å². The van der Waals surface area contributed by atoms with Crippen molar-refractivity contribution < 1.29 is 9.53 Å². The summed E-state index contributed by atoms with van der Waals surface area (Å²) in [5.41, 5.74) is 2.81. The SMILES string of the molecule is COc1cccc(NC(=O)Cn2c(C)nc3c(sc4nc(-c5ccccc5)ccc43)c2=O)c1. The minimum absolute atomic E-state index is 0.137. The number of aryl methyl sites for hydroxylation is 1. The number of amides is 1. The summed E-state index contributed by atoms with van der Waals surface area (Å²) in [6.07, 6.45) is 0. The number of fused-ring (bicyclic) bond motifs is 3. The topological polar surface area (TPSA) is 86.1 Å². The molecule has 0 bridgehead atoms. The summed E-state index contributed by atoms with van der Waals surface area (Å²) in [5, 5.41) is 3.64. The minimum atomic E-state index is -0.319. The molecule has 0 saturated carbocycles. The number of hydrogen-bond donors (Lipinski definition) is 1. The van der Waals surface area contributed by atoms with Gasteiger partial charge in [0.25, 0.3) is 5.56 Å². The number of aromatic nitrogens is 3. The van der Waals surface area contributed by atoms with Crippen LogP contribution >= 0.6 is 11.3 Å². The first-order valence-electron chi connectivity index (χ1n) is 10.3. The molecular formula is C25H20N4O3S. The van der Waals surface area contributed by atoms with Crippen LogP contribution < -0.4 is 15.6 Å². The Hall–Kier alpha value is -4.04. The van der Waals surface area contributed by atoms with E-state index in [1.807, 2.05) is 42.5 Å². The van der Waals surface area contributed by atoms with Crippen LogP contribution in [0.5, 0.6) is 5.75 Å². The van der Waals surface area contributed by atoms with Crippen LogP contribution in [0.3, 0.4) is 0 Å². The van der Waals surface area contributed by atoms with Crippen molar-refractivity contribution >= 4 is 43.4 Å². The van der Waals surface area contributed by atoms with E-state index >= 15 is 0 Å². The van der Waals surface area contributed by atoms with Crippen LogP contribution in [0.1, 0.15) is 5.82 Å². The summed E-state index contributed by atoms with van der Waals surface area (Å²) in [6.45, 7) is 1.59. The Morgan fingerprint density at radius 3 is 2.67 bits per heavy atom. The quantitative estimate of drug-likeness (QED) is 0.417. The third kappa shape index (κ3) is 3.96. The van der Waals surface area contributed by atoms with Gasteiger partial charge in [-0.05, 0) is 31.2 Å². The van der Waals surface area contributed by atoms with Crippen LogP contribution in [0, 0.1) is 6.92 Å². The molecule has 8 heteroatoms. The van der Waals surface area contributed by atoms with Crippen molar-refractivity contribution in [3.63, 3.8) is 0 Å². The van der Waals surface area contributed by atoms with E-state index in [0.29, 0.717) is 27.5 Å². The summed E-state index contributed by atoms with van der Waals surface area (Å²) < 4.78 is 7.07. The van der Waals surface area contributed by atoms with E-state index in [1.165, 1.54) is 15.9 Å². The van der Waals surface area contributed by atoms with E-state index in [2.05, 4.69) is 10.3 Å². The van der Waals surface area contributed by atoms with E-state index in [0.717, 1.165) is 21.5 Å². The fraction of sp³-hybridized carbons (Fsp3) is 0.120. The number of rotatable bonds is 5. The number of nitrogens with one attached hydrogen (secondary N) is 1. The molecule has 164 valence electrons. The second-order valence-electron chi connectivity index (χ2n) is 7.53. The Morgan fingerprint density at radius 1 is 1.06 bits per heavy atom. The molecule has 5 rings (SSSR count). The van der Waals surface area contributed by atoms with Gasteiger partial charge in [0.15, 0.2) is 0 Å². The van der Waals surface area contributed by atoms with Crippen LogP contribution in [0.4, 0.5) is 5.69 Å². The van der Waals surface area contributed by atoms with Crippen LogP contribution in [0.2, 0.25) is 0 Å². The predicted molar refractivity (Wildman–Crippen MR) is 131 cm³/mol. The molecule has 0 aliphatic heterocycles. The number of carbonyl (C=O) groups excluding carboxylic acids is 1. The van der Waals surface area contributed by atoms with Gasteiger partial charge in [0, 0.05) is 22.7 Å². The molecule has 1 N–H and O–H groups in total. The van der Waals surface area contributed by atoms with Crippen LogP contribution in [0.25, 0.3) is 31.7 Å². The third-order valence-corrected chi connectivity index (χ3v) is 6.43. The first-order valence-corrected chi connectivity index (χ1v) is 11.1. The molecule has 1 amide bonds. The highest BCUT2D eigenvalue weighted by Crippen LogP contribution is 2.31. The molecule has 0 radical (unpaired) electrons. The molecule has 3 aromatic heterocycles. The Kier molecular flexibility index (Phi) is 5.35. The smallest absolute Gasteiger partial charge is 0.272 e. The lowest BCUT2D eigenvalue weighted by molar-refractivity contribution is -0.116. The summed E-state index contributed by atoms with van der Waals surface area (Å²) in [5.74, 6) is 0.789. The van der Waals surface area contributed by atoms with Crippen molar-refractivity contribution in [1.82, 2.24) is 14.5 Å². The Labute approximate surface area is 193 Å². The second kappa shape index (κ2) is 8.48. The first-order chi connectivity index (χ1) is 16.0. The Morgan fingerprint density at radius 2 is 1.88 bits per heavy atom. The van der Waals surface area contributed by atoms with Gasteiger partial charge in [0.05, 0.1) is 18.3 Å². The number of anilines is 1. The lowest BCUT2D eigenvalue weighted by atomic mass is 10.1. The number of ether oxygens (including phenoxy) is 1. The zero-order valence-electron chi connectivity index (χ0n) is 18.0. The summed E-state index contributed by atoms with van der Waals surface area (Å²) in [4.78, 5) is 36.1. The number of methoxy groups -OCH3 is 1. The number of carbonyl (C=O) groups is 1. The highest BCUT2D eigenvalue weighted by molar-refractivity contribution is 7.25. The molecule has 0 aliphatic rings. The Balaban J connectivity index is 1.50. The van der Waals surface area contributed by atoms with E-state index < -0.39 is 0 Å². The van der Waals surface area contributed by atoms with Crippen LogP contribution in [0.15, 0.2) is 71.5 Å². The van der Waals surface area contributed by atoms with Crippen molar-refractivity contribution in [3.8, 4) is 17.0 Å². The van der Waals surface area contributed by atoms with Crippen LogP contribution in [-0.2, 0) is 11.3 Å². The van der Waals surface area contributed by atoms with E-state index in [9.17, 15) is 9.59 Å². The molecule has 0 spiro atoms. The van der Waals surface area contributed by atoms with Gasteiger partial charge in [0.1, 0.15) is 27.6 Å². The third-order valence-electron chi connectivity index (χ3n) is 5.36. The molecule has 7 nitrogen and oxygen atoms in total. The van der Waals surface area contributed by atoms with Crippen molar-refractivity contribution in [2.24, 2.45) is 0 Å². The van der Waals surface area contributed by atoms with Crippen molar-refractivity contribution in [2.75, 3.05) is 12.4 Å². The molecule has 0 fully saturated rings. The minimum Gasteiger partial charge on any atom is -0.497 e. The normalized spacial score (nSPS) is 11.1. The molecule has 2 aromatic carbocycles. The molecule has 33 heavy (non-hydrogen) atoms. The maximum Gasteiger partial charge on any atom is 0.272 e. The number of thiophene rings is 1. The molecule has 5 aromatic rings. The molecule has 3 heterocycles. The van der Waals surface area contributed by atoms with Crippen LogP contribution in [-0.4, -0.2) is 27.6 Å². The molecule has 0 aliphatic carbocycles.